The first-order valence-electron chi connectivity index (χ1n) is 7.05. The topological polar surface area (TPSA) is 58.6 Å². The molecule has 1 aromatic carbocycles. The molecule has 7 heteroatoms. The summed E-state index contributed by atoms with van der Waals surface area (Å²) < 4.78 is 8.40. The van der Waals surface area contributed by atoms with E-state index < -0.39 is 0 Å². The van der Waals surface area contributed by atoms with Crippen LogP contribution in [0.1, 0.15) is 18.4 Å². The van der Waals surface area contributed by atoms with Crippen molar-refractivity contribution in [3.05, 3.63) is 23.8 Å². The van der Waals surface area contributed by atoms with Gasteiger partial charge in [-0.05, 0) is 24.1 Å². The summed E-state index contributed by atoms with van der Waals surface area (Å²) in [5.41, 5.74) is 2.87. The van der Waals surface area contributed by atoms with E-state index in [0.717, 1.165) is 36.2 Å². The molecule has 1 aliphatic rings. The molecule has 0 bridgehead atoms. The molecule has 1 amide bonds. The highest BCUT2D eigenvalue weighted by Gasteiger charge is 2.16. The van der Waals surface area contributed by atoms with E-state index >= 15 is 0 Å². The van der Waals surface area contributed by atoms with Crippen molar-refractivity contribution in [2.45, 2.75) is 19.4 Å². The Morgan fingerprint density at radius 2 is 2.29 bits per heavy atom. The molecule has 112 valence electrons. The summed E-state index contributed by atoms with van der Waals surface area (Å²) >= 11 is 1.21. The van der Waals surface area contributed by atoms with Crippen LogP contribution in [-0.2, 0) is 16.2 Å². The first-order chi connectivity index (χ1) is 10.2. The van der Waals surface area contributed by atoms with Crippen LogP contribution in [0.5, 0.6) is 0 Å². The molecule has 1 fully saturated rings. The second-order valence-corrected chi connectivity index (χ2v) is 5.73. The molecule has 1 aromatic heterocycles. The molecule has 3 rings (SSSR count). The lowest BCUT2D eigenvalue weighted by molar-refractivity contribution is -0.138. The smallest absolute Gasteiger partial charge is 0.223 e. The summed E-state index contributed by atoms with van der Waals surface area (Å²) in [6.07, 6.45) is 1.53. The number of hydrogen-bond acceptors (Lipinski definition) is 6. The summed E-state index contributed by atoms with van der Waals surface area (Å²) in [6, 6.07) is 5.94. The second kappa shape index (κ2) is 6.46. The monoisotopic (exact) mass is 306 g/mol. The number of amides is 1. The summed E-state index contributed by atoms with van der Waals surface area (Å²) in [4.78, 5) is 19.3. The second-order valence-electron chi connectivity index (χ2n) is 5.20. The number of hydroxylamine groups is 2. The fourth-order valence-electron chi connectivity index (χ4n) is 2.37. The molecular formula is C14H18N4O2S. The molecule has 0 unspecified atom stereocenters. The Kier molecular flexibility index (Phi) is 4.42. The fourth-order valence-corrected chi connectivity index (χ4v) is 2.89. The Labute approximate surface area is 127 Å². The van der Waals surface area contributed by atoms with Crippen molar-refractivity contribution in [3.8, 4) is 0 Å². The Hall–Kier alpha value is -1.57. The van der Waals surface area contributed by atoms with Gasteiger partial charge in [0.1, 0.15) is 11.0 Å². The van der Waals surface area contributed by atoms with Gasteiger partial charge in [-0.3, -0.25) is 9.63 Å². The molecule has 0 atom stereocenters. The van der Waals surface area contributed by atoms with Gasteiger partial charge in [0.25, 0.3) is 0 Å². The van der Waals surface area contributed by atoms with Gasteiger partial charge >= 0.3 is 0 Å². The third-order valence-corrected chi connectivity index (χ3v) is 4.12. The van der Waals surface area contributed by atoms with Crippen LogP contribution in [0, 0.1) is 0 Å². The molecule has 0 spiro atoms. The van der Waals surface area contributed by atoms with Gasteiger partial charge in [0.15, 0.2) is 0 Å². The molecular weight excluding hydrogens is 288 g/mol. The number of aromatic nitrogens is 2. The average molecular weight is 306 g/mol. The highest BCUT2D eigenvalue weighted by atomic mass is 32.1. The number of rotatable bonds is 5. The molecule has 0 saturated carbocycles. The summed E-state index contributed by atoms with van der Waals surface area (Å²) in [6.45, 7) is 2.95. The highest BCUT2D eigenvalue weighted by molar-refractivity contribution is 7.00. The van der Waals surface area contributed by atoms with Crippen LogP contribution >= 0.6 is 11.7 Å². The summed E-state index contributed by atoms with van der Waals surface area (Å²) in [5, 5.41) is 1.87. The number of hydrogen-bond donors (Lipinski definition) is 0. The van der Waals surface area contributed by atoms with E-state index in [1.165, 1.54) is 11.7 Å². The Morgan fingerprint density at radius 1 is 1.43 bits per heavy atom. The van der Waals surface area contributed by atoms with Crippen LogP contribution in [0.3, 0.4) is 0 Å². The first-order valence-corrected chi connectivity index (χ1v) is 7.78. The molecule has 1 aliphatic heterocycles. The highest BCUT2D eigenvalue weighted by Crippen LogP contribution is 2.15. The zero-order chi connectivity index (χ0) is 14.7. The minimum atomic E-state index is 0.127. The average Bonchev–Trinajstić information content (AvgIpc) is 3.15. The molecule has 2 heterocycles. The van der Waals surface area contributed by atoms with E-state index in [2.05, 4.69) is 8.75 Å². The van der Waals surface area contributed by atoms with Crippen molar-refractivity contribution in [1.82, 2.24) is 18.7 Å². The van der Waals surface area contributed by atoms with E-state index in [0.29, 0.717) is 19.5 Å². The van der Waals surface area contributed by atoms with Crippen molar-refractivity contribution in [3.63, 3.8) is 0 Å². The van der Waals surface area contributed by atoms with E-state index in [1.807, 2.05) is 30.3 Å². The van der Waals surface area contributed by atoms with Gasteiger partial charge < -0.3 is 4.90 Å². The van der Waals surface area contributed by atoms with Crippen molar-refractivity contribution in [2.75, 3.05) is 26.7 Å². The van der Waals surface area contributed by atoms with Crippen molar-refractivity contribution in [2.24, 2.45) is 0 Å². The number of benzene rings is 1. The normalized spacial score (nSPS) is 15.7. The van der Waals surface area contributed by atoms with Gasteiger partial charge in [0.05, 0.1) is 18.3 Å². The zero-order valence-electron chi connectivity index (χ0n) is 12.0. The summed E-state index contributed by atoms with van der Waals surface area (Å²) in [5.74, 6) is 0.127. The van der Waals surface area contributed by atoms with E-state index in [-0.39, 0.29) is 5.91 Å². The van der Waals surface area contributed by atoms with Crippen LogP contribution in [0.25, 0.3) is 11.0 Å². The molecule has 2 aromatic rings. The van der Waals surface area contributed by atoms with Gasteiger partial charge in [-0.1, -0.05) is 6.07 Å². The standard InChI is InChI=1S/C14H18N4O2S/c1-17(14(19)5-7-18-6-2-8-20-18)10-11-3-4-12-13(9-11)16-21-15-12/h3-4,9H,2,5-8,10H2,1H3. The molecule has 0 radical (unpaired) electrons. The minimum Gasteiger partial charge on any atom is -0.341 e. The van der Waals surface area contributed by atoms with Gasteiger partial charge in [-0.25, -0.2) is 0 Å². The lowest BCUT2D eigenvalue weighted by Crippen LogP contribution is -2.30. The van der Waals surface area contributed by atoms with E-state index in [4.69, 9.17) is 4.84 Å². The maximum atomic E-state index is 12.1. The number of carbonyl (C=O) groups excluding carboxylic acids is 1. The maximum Gasteiger partial charge on any atom is 0.223 e. The maximum absolute atomic E-state index is 12.1. The predicted octanol–water partition coefficient (Wildman–Crippen LogP) is 1.68. The third-order valence-electron chi connectivity index (χ3n) is 3.56. The van der Waals surface area contributed by atoms with Crippen molar-refractivity contribution < 1.29 is 9.63 Å². The van der Waals surface area contributed by atoms with Gasteiger partial charge in [-0.15, -0.1) is 0 Å². The number of nitrogens with zero attached hydrogens (tertiary/aromatic N) is 4. The first kappa shape index (κ1) is 14.4. The molecule has 21 heavy (non-hydrogen) atoms. The lowest BCUT2D eigenvalue weighted by Gasteiger charge is -2.19. The van der Waals surface area contributed by atoms with Gasteiger partial charge in [0.2, 0.25) is 5.91 Å². The zero-order valence-corrected chi connectivity index (χ0v) is 12.8. The molecule has 6 nitrogen and oxygen atoms in total. The number of carbonyl (C=O) groups is 1. The predicted molar refractivity (Wildman–Crippen MR) is 80.6 cm³/mol. The van der Waals surface area contributed by atoms with E-state index in [1.54, 1.807) is 4.90 Å². The van der Waals surface area contributed by atoms with Gasteiger partial charge in [0, 0.05) is 33.1 Å². The molecule has 1 saturated heterocycles. The Morgan fingerprint density at radius 3 is 3.10 bits per heavy atom. The van der Waals surface area contributed by atoms with Crippen LogP contribution in [0.4, 0.5) is 0 Å². The SMILES string of the molecule is CN(Cc1ccc2nsnc2c1)C(=O)CCN1CCCO1. The minimum absolute atomic E-state index is 0.127. The largest absolute Gasteiger partial charge is 0.341 e. The third kappa shape index (κ3) is 3.55. The Balaban J connectivity index is 1.54. The van der Waals surface area contributed by atoms with Crippen LogP contribution in [0.2, 0.25) is 0 Å². The molecule has 0 N–H and O–H groups in total. The van der Waals surface area contributed by atoms with Crippen molar-refractivity contribution in [1.29, 1.82) is 0 Å². The van der Waals surface area contributed by atoms with Crippen LogP contribution in [0.15, 0.2) is 18.2 Å². The molecule has 0 aliphatic carbocycles. The Bertz CT molecular complexity index is 624. The fraction of sp³-hybridized carbons (Fsp3) is 0.500. The van der Waals surface area contributed by atoms with Crippen LogP contribution in [-0.4, -0.2) is 51.4 Å². The van der Waals surface area contributed by atoms with Crippen LogP contribution < -0.4 is 0 Å². The summed E-state index contributed by atoms with van der Waals surface area (Å²) in [7, 11) is 1.83. The van der Waals surface area contributed by atoms with E-state index in [9.17, 15) is 4.79 Å². The quantitative estimate of drug-likeness (QED) is 0.841. The lowest BCUT2D eigenvalue weighted by atomic mass is 10.2. The van der Waals surface area contributed by atoms with Crippen molar-refractivity contribution >= 4 is 28.7 Å². The number of fused-ring (bicyclic) bond motifs is 1. The van der Waals surface area contributed by atoms with Gasteiger partial charge in [-0.2, -0.15) is 13.8 Å².